The summed E-state index contributed by atoms with van der Waals surface area (Å²) in [7, 11) is 2.98. The highest BCUT2D eigenvalue weighted by atomic mass is 32.1. The first-order chi connectivity index (χ1) is 11.1. The second-order valence-corrected chi connectivity index (χ2v) is 5.91. The summed E-state index contributed by atoms with van der Waals surface area (Å²) < 4.78 is 5.70. The zero-order valence-electron chi connectivity index (χ0n) is 12.6. The summed E-state index contributed by atoms with van der Waals surface area (Å²) in [6.07, 6.45) is 0. The number of hydrogen-bond donors (Lipinski definition) is 0. The van der Waals surface area contributed by atoms with E-state index in [4.69, 9.17) is 0 Å². The predicted molar refractivity (Wildman–Crippen MR) is 90.1 cm³/mol. The standard InChI is InChI=1S/C17H14N2O3S/c1-19(17-18-13-8-3-4-9-14(13)23-17)15(20)11-6-5-7-12(10-11)16(21)22-2/h3-10H,1-2H3. The maximum absolute atomic E-state index is 12.6. The van der Waals surface area contributed by atoms with Crippen molar-refractivity contribution in [1.82, 2.24) is 4.98 Å². The van der Waals surface area contributed by atoms with E-state index in [9.17, 15) is 9.59 Å². The van der Waals surface area contributed by atoms with E-state index < -0.39 is 5.97 Å². The first-order valence-corrected chi connectivity index (χ1v) is 7.74. The lowest BCUT2D eigenvalue weighted by Gasteiger charge is -2.14. The summed E-state index contributed by atoms with van der Waals surface area (Å²) in [6.45, 7) is 0. The van der Waals surface area contributed by atoms with Gasteiger partial charge < -0.3 is 4.74 Å². The molecule has 23 heavy (non-hydrogen) atoms. The summed E-state index contributed by atoms with van der Waals surface area (Å²) in [5.41, 5.74) is 1.61. The molecule has 0 spiro atoms. The number of rotatable bonds is 3. The highest BCUT2D eigenvalue weighted by molar-refractivity contribution is 7.22. The SMILES string of the molecule is COC(=O)c1cccc(C(=O)N(C)c2nc3ccccc3s2)c1. The number of fused-ring (bicyclic) bond motifs is 1. The van der Waals surface area contributed by atoms with E-state index in [0.717, 1.165) is 10.2 Å². The van der Waals surface area contributed by atoms with Crippen LogP contribution in [0.5, 0.6) is 0 Å². The van der Waals surface area contributed by atoms with Crippen LogP contribution in [0, 0.1) is 0 Å². The summed E-state index contributed by atoms with van der Waals surface area (Å²) in [5, 5.41) is 0.611. The minimum atomic E-state index is -0.470. The Hall–Kier alpha value is -2.73. The minimum Gasteiger partial charge on any atom is -0.465 e. The van der Waals surface area contributed by atoms with Crippen LogP contribution in [-0.2, 0) is 4.74 Å². The molecular formula is C17H14N2O3S. The quantitative estimate of drug-likeness (QED) is 0.693. The first-order valence-electron chi connectivity index (χ1n) is 6.92. The van der Waals surface area contributed by atoms with Gasteiger partial charge >= 0.3 is 5.97 Å². The number of benzene rings is 2. The van der Waals surface area contributed by atoms with Crippen molar-refractivity contribution in [2.45, 2.75) is 0 Å². The maximum atomic E-state index is 12.6. The molecule has 1 aromatic heterocycles. The van der Waals surface area contributed by atoms with E-state index in [1.807, 2.05) is 24.3 Å². The Labute approximate surface area is 137 Å². The molecule has 3 rings (SSSR count). The van der Waals surface area contributed by atoms with Crippen LogP contribution in [0.3, 0.4) is 0 Å². The fourth-order valence-corrected chi connectivity index (χ4v) is 3.11. The molecule has 0 bridgehead atoms. The summed E-state index contributed by atoms with van der Waals surface area (Å²) in [5.74, 6) is -0.697. The van der Waals surface area contributed by atoms with E-state index in [0.29, 0.717) is 16.3 Å². The molecule has 0 fully saturated rings. The minimum absolute atomic E-state index is 0.227. The zero-order chi connectivity index (χ0) is 16.4. The second kappa shape index (κ2) is 6.18. The Balaban J connectivity index is 1.91. The molecule has 0 N–H and O–H groups in total. The number of thiazole rings is 1. The number of carbonyl (C=O) groups excluding carboxylic acids is 2. The fourth-order valence-electron chi connectivity index (χ4n) is 2.18. The molecule has 0 saturated heterocycles. The molecule has 0 radical (unpaired) electrons. The first kappa shape index (κ1) is 15.2. The van der Waals surface area contributed by atoms with Gasteiger partial charge in [-0.05, 0) is 30.3 Å². The van der Waals surface area contributed by atoms with Gasteiger partial charge in [-0.25, -0.2) is 9.78 Å². The van der Waals surface area contributed by atoms with Gasteiger partial charge in [0.15, 0.2) is 5.13 Å². The van der Waals surface area contributed by atoms with E-state index >= 15 is 0 Å². The number of para-hydroxylation sites is 1. The molecule has 6 heteroatoms. The number of aromatic nitrogens is 1. The molecule has 0 aliphatic heterocycles. The van der Waals surface area contributed by atoms with Crippen molar-refractivity contribution in [3.05, 3.63) is 59.7 Å². The Morgan fingerprint density at radius 2 is 1.83 bits per heavy atom. The molecule has 0 aliphatic carbocycles. The fraction of sp³-hybridized carbons (Fsp3) is 0.118. The Morgan fingerprint density at radius 3 is 2.57 bits per heavy atom. The lowest BCUT2D eigenvalue weighted by Crippen LogP contribution is -2.26. The van der Waals surface area contributed by atoms with Crippen molar-refractivity contribution < 1.29 is 14.3 Å². The number of anilines is 1. The second-order valence-electron chi connectivity index (χ2n) is 4.90. The van der Waals surface area contributed by atoms with Crippen molar-refractivity contribution in [2.24, 2.45) is 0 Å². The Morgan fingerprint density at radius 1 is 1.09 bits per heavy atom. The summed E-state index contributed by atoms with van der Waals surface area (Å²) in [4.78, 5) is 30.2. The number of methoxy groups -OCH3 is 1. The van der Waals surface area contributed by atoms with Gasteiger partial charge in [0.05, 0.1) is 22.9 Å². The van der Waals surface area contributed by atoms with Gasteiger partial charge in [-0.3, -0.25) is 9.69 Å². The Kier molecular flexibility index (Phi) is 4.08. The molecule has 3 aromatic rings. The third kappa shape index (κ3) is 2.93. The van der Waals surface area contributed by atoms with E-state index in [1.54, 1.807) is 25.2 Å². The Bertz CT molecular complexity index is 855. The van der Waals surface area contributed by atoms with Gasteiger partial charge in [0.1, 0.15) is 0 Å². The van der Waals surface area contributed by atoms with Gasteiger partial charge in [0, 0.05) is 12.6 Å². The summed E-state index contributed by atoms with van der Waals surface area (Å²) >= 11 is 1.45. The van der Waals surface area contributed by atoms with Crippen LogP contribution in [0.2, 0.25) is 0 Å². The average molecular weight is 326 g/mol. The van der Waals surface area contributed by atoms with E-state index in [1.165, 1.54) is 29.4 Å². The van der Waals surface area contributed by atoms with Crippen molar-refractivity contribution in [3.63, 3.8) is 0 Å². The third-order valence-electron chi connectivity index (χ3n) is 3.40. The van der Waals surface area contributed by atoms with Crippen LogP contribution in [0.4, 0.5) is 5.13 Å². The van der Waals surface area contributed by atoms with Crippen molar-refractivity contribution in [2.75, 3.05) is 19.1 Å². The van der Waals surface area contributed by atoms with Gasteiger partial charge in [-0.15, -0.1) is 0 Å². The molecule has 2 aromatic carbocycles. The zero-order valence-corrected chi connectivity index (χ0v) is 13.5. The van der Waals surface area contributed by atoms with Crippen LogP contribution in [-0.4, -0.2) is 31.0 Å². The molecule has 0 saturated carbocycles. The van der Waals surface area contributed by atoms with Crippen LogP contribution in [0.15, 0.2) is 48.5 Å². The average Bonchev–Trinajstić information content (AvgIpc) is 3.04. The number of hydrogen-bond acceptors (Lipinski definition) is 5. The molecule has 1 heterocycles. The smallest absolute Gasteiger partial charge is 0.337 e. The van der Waals surface area contributed by atoms with Gasteiger partial charge in [0.25, 0.3) is 5.91 Å². The maximum Gasteiger partial charge on any atom is 0.337 e. The van der Waals surface area contributed by atoms with E-state index in [-0.39, 0.29) is 5.91 Å². The highest BCUT2D eigenvalue weighted by Crippen LogP contribution is 2.28. The van der Waals surface area contributed by atoms with E-state index in [2.05, 4.69) is 9.72 Å². The number of esters is 1. The van der Waals surface area contributed by atoms with Gasteiger partial charge in [-0.2, -0.15) is 0 Å². The largest absolute Gasteiger partial charge is 0.465 e. The number of amides is 1. The van der Waals surface area contributed by atoms with Crippen LogP contribution in [0.1, 0.15) is 20.7 Å². The molecule has 0 unspecified atom stereocenters. The predicted octanol–water partition coefficient (Wildman–Crippen LogP) is 3.36. The summed E-state index contributed by atoms with van der Waals surface area (Å²) in [6, 6.07) is 14.2. The topological polar surface area (TPSA) is 59.5 Å². The van der Waals surface area contributed by atoms with Crippen molar-refractivity contribution in [1.29, 1.82) is 0 Å². The monoisotopic (exact) mass is 326 g/mol. The molecule has 5 nitrogen and oxygen atoms in total. The van der Waals surface area contributed by atoms with Crippen LogP contribution < -0.4 is 4.90 Å². The van der Waals surface area contributed by atoms with Crippen LogP contribution in [0.25, 0.3) is 10.2 Å². The molecular weight excluding hydrogens is 312 g/mol. The highest BCUT2D eigenvalue weighted by Gasteiger charge is 2.18. The molecule has 1 amide bonds. The number of ether oxygens (including phenoxy) is 1. The third-order valence-corrected chi connectivity index (χ3v) is 4.52. The normalized spacial score (nSPS) is 10.5. The molecule has 0 atom stereocenters. The van der Waals surface area contributed by atoms with Crippen molar-refractivity contribution >= 4 is 38.6 Å². The molecule has 116 valence electrons. The van der Waals surface area contributed by atoms with Gasteiger partial charge in [-0.1, -0.05) is 29.5 Å². The van der Waals surface area contributed by atoms with Gasteiger partial charge in [0.2, 0.25) is 0 Å². The lowest BCUT2D eigenvalue weighted by atomic mass is 10.1. The van der Waals surface area contributed by atoms with Crippen LogP contribution >= 0.6 is 11.3 Å². The number of nitrogens with zero attached hydrogens (tertiary/aromatic N) is 2. The number of carbonyl (C=O) groups is 2. The van der Waals surface area contributed by atoms with Crippen molar-refractivity contribution in [3.8, 4) is 0 Å². The molecule has 0 aliphatic rings. The lowest BCUT2D eigenvalue weighted by molar-refractivity contribution is 0.0600.